The maximum Gasteiger partial charge on any atom is 0.345 e. The number of hydrogen-bond acceptors (Lipinski definition) is 5. The smallest absolute Gasteiger partial charge is 0.345 e. The third-order valence-corrected chi connectivity index (χ3v) is 3.04. The molecular weight excluding hydrogens is 258 g/mol. The molecule has 0 fully saturated rings. The van der Waals surface area contributed by atoms with Crippen molar-refractivity contribution in [1.29, 1.82) is 0 Å². The molecule has 2 rings (SSSR count). The number of carboxylic acid groups (broad SMARTS) is 1. The number of aromatic amines is 1. The van der Waals surface area contributed by atoms with Crippen molar-refractivity contribution in [2.75, 3.05) is 0 Å². The monoisotopic (exact) mass is 267 g/mol. The Morgan fingerprint density at radius 3 is 2.89 bits per heavy atom. The van der Waals surface area contributed by atoms with Gasteiger partial charge in [0.1, 0.15) is 12.2 Å². The summed E-state index contributed by atoms with van der Waals surface area (Å²) in [6.45, 7) is -0.576. The Labute approximate surface area is 104 Å². The van der Waals surface area contributed by atoms with E-state index in [1.165, 1.54) is 11.3 Å². The van der Waals surface area contributed by atoms with Crippen LogP contribution in [0.4, 0.5) is 0 Å². The van der Waals surface area contributed by atoms with Gasteiger partial charge in [-0.2, -0.15) is 5.10 Å². The van der Waals surface area contributed by atoms with E-state index in [1.54, 1.807) is 0 Å². The van der Waals surface area contributed by atoms with Crippen molar-refractivity contribution in [3.05, 3.63) is 48.9 Å². The van der Waals surface area contributed by atoms with Crippen LogP contribution in [0.5, 0.6) is 0 Å². The molecule has 0 amide bonds. The molecule has 8 heteroatoms. The summed E-state index contributed by atoms with van der Waals surface area (Å²) < 4.78 is 0.729. The molecule has 0 radical (unpaired) electrons. The Hall–Kier alpha value is -2.22. The average Bonchev–Trinajstić information content (AvgIpc) is 2.77. The highest BCUT2D eigenvalue weighted by atomic mass is 32.1. The lowest BCUT2D eigenvalue weighted by atomic mass is 10.3. The summed E-state index contributed by atoms with van der Waals surface area (Å²) in [5, 5.41) is 14.2. The van der Waals surface area contributed by atoms with E-state index in [1.807, 2.05) is 17.5 Å². The summed E-state index contributed by atoms with van der Waals surface area (Å²) in [7, 11) is 0. The molecule has 0 aromatic carbocycles. The van der Waals surface area contributed by atoms with E-state index in [9.17, 15) is 14.4 Å². The summed E-state index contributed by atoms with van der Waals surface area (Å²) >= 11 is 1.45. The van der Waals surface area contributed by atoms with Gasteiger partial charge >= 0.3 is 11.7 Å². The van der Waals surface area contributed by atoms with Crippen LogP contribution >= 0.6 is 11.3 Å². The molecule has 2 aromatic heterocycles. The van der Waals surface area contributed by atoms with Gasteiger partial charge in [0.25, 0.3) is 5.56 Å². The molecular formula is C10H9N3O4S. The second-order valence-corrected chi connectivity index (χ2v) is 4.55. The van der Waals surface area contributed by atoms with Gasteiger partial charge in [0.2, 0.25) is 0 Å². The predicted octanol–water partition coefficient (Wildman–Crippen LogP) is -0.331. The molecule has 0 spiro atoms. The minimum absolute atomic E-state index is 0.123. The second-order valence-electron chi connectivity index (χ2n) is 3.51. The molecule has 0 aliphatic heterocycles. The minimum Gasteiger partial charge on any atom is -0.480 e. The van der Waals surface area contributed by atoms with Gasteiger partial charge in [0.15, 0.2) is 0 Å². The Bertz CT molecular complexity index is 671. The van der Waals surface area contributed by atoms with Gasteiger partial charge in [-0.15, -0.1) is 11.3 Å². The lowest BCUT2D eigenvalue weighted by molar-refractivity contribution is -0.138. The maximum atomic E-state index is 11.5. The van der Waals surface area contributed by atoms with Crippen molar-refractivity contribution in [3.8, 4) is 0 Å². The number of H-pyrrole nitrogens is 1. The van der Waals surface area contributed by atoms with Crippen LogP contribution in [-0.4, -0.2) is 25.8 Å². The van der Waals surface area contributed by atoms with E-state index in [0.29, 0.717) is 0 Å². The molecule has 0 aliphatic rings. The SMILES string of the molecule is O=C(O)Cn1nc(Cc2cccs2)c(=O)[nH]c1=O. The van der Waals surface area contributed by atoms with Crippen molar-refractivity contribution in [2.24, 2.45) is 0 Å². The van der Waals surface area contributed by atoms with E-state index in [0.717, 1.165) is 9.56 Å². The van der Waals surface area contributed by atoms with E-state index in [2.05, 4.69) is 10.1 Å². The van der Waals surface area contributed by atoms with Gasteiger partial charge in [-0.3, -0.25) is 14.6 Å². The molecule has 0 saturated heterocycles. The van der Waals surface area contributed by atoms with Crippen molar-refractivity contribution >= 4 is 17.3 Å². The Morgan fingerprint density at radius 1 is 1.50 bits per heavy atom. The number of nitrogens with zero attached hydrogens (tertiary/aromatic N) is 2. The molecule has 0 saturated carbocycles. The van der Waals surface area contributed by atoms with Gasteiger partial charge in [-0.05, 0) is 11.4 Å². The first-order valence-electron chi connectivity index (χ1n) is 5.01. The third-order valence-electron chi connectivity index (χ3n) is 2.17. The van der Waals surface area contributed by atoms with Crippen LogP contribution in [0.1, 0.15) is 10.6 Å². The standard InChI is InChI=1S/C10H9N3O4S/c14-8(15)5-13-10(17)11-9(16)7(12-13)4-6-2-1-3-18-6/h1-3H,4-5H2,(H,14,15)(H,11,16,17). The molecule has 2 N–H and O–H groups in total. The highest BCUT2D eigenvalue weighted by molar-refractivity contribution is 7.09. The number of aliphatic carboxylic acids is 1. The fourth-order valence-corrected chi connectivity index (χ4v) is 2.11. The zero-order valence-electron chi connectivity index (χ0n) is 9.12. The number of hydrogen-bond donors (Lipinski definition) is 2. The summed E-state index contributed by atoms with van der Waals surface area (Å²) in [5.41, 5.74) is -1.29. The number of rotatable bonds is 4. The quantitative estimate of drug-likeness (QED) is 0.789. The summed E-state index contributed by atoms with van der Waals surface area (Å²) in [6, 6.07) is 3.67. The number of nitrogens with one attached hydrogen (secondary N) is 1. The minimum atomic E-state index is -1.20. The number of carboxylic acids is 1. The normalized spacial score (nSPS) is 10.4. The zero-order valence-corrected chi connectivity index (χ0v) is 9.94. The first kappa shape index (κ1) is 12.2. The molecule has 2 aromatic rings. The van der Waals surface area contributed by atoms with Gasteiger partial charge in [0, 0.05) is 11.3 Å². The fraction of sp³-hybridized carbons (Fsp3) is 0.200. The molecule has 94 valence electrons. The van der Waals surface area contributed by atoms with Crippen LogP contribution in [0.15, 0.2) is 27.1 Å². The van der Waals surface area contributed by atoms with E-state index in [4.69, 9.17) is 5.11 Å². The summed E-state index contributed by atoms with van der Waals surface area (Å²) in [5.74, 6) is -1.20. The molecule has 18 heavy (non-hydrogen) atoms. The lowest BCUT2D eigenvalue weighted by Crippen LogP contribution is -2.36. The number of thiophene rings is 1. The van der Waals surface area contributed by atoms with Crippen molar-refractivity contribution < 1.29 is 9.90 Å². The number of carbonyl (C=O) groups is 1. The first-order valence-corrected chi connectivity index (χ1v) is 5.88. The van der Waals surface area contributed by atoms with Crippen molar-refractivity contribution in [2.45, 2.75) is 13.0 Å². The Kier molecular flexibility index (Phi) is 3.38. The Morgan fingerprint density at radius 2 is 2.28 bits per heavy atom. The van der Waals surface area contributed by atoms with Crippen molar-refractivity contribution in [3.63, 3.8) is 0 Å². The topological polar surface area (TPSA) is 105 Å². The second kappa shape index (κ2) is 4.96. The van der Waals surface area contributed by atoms with Crippen LogP contribution in [0, 0.1) is 0 Å². The highest BCUT2D eigenvalue weighted by Crippen LogP contribution is 2.10. The lowest BCUT2D eigenvalue weighted by Gasteiger charge is -2.02. The van der Waals surface area contributed by atoms with Gasteiger partial charge < -0.3 is 5.11 Å². The van der Waals surface area contributed by atoms with Gasteiger partial charge in [-0.1, -0.05) is 6.07 Å². The molecule has 0 unspecified atom stereocenters. The zero-order chi connectivity index (χ0) is 13.1. The van der Waals surface area contributed by atoms with Gasteiger partial charge in [0.05, 0.1) is 0 Å². The molecule has 0 bridgehead atoms. The molecule has 0 atom stereocenters. The predicted molar refractivity (Wildman–Crippen MR) is 63.9 cm³/mol. The van der Waals surface area contributed by atoms with E-state index in [-0.39, 0.29) is 12.1 Å². The molecule has 7 nitrogen and oxygen atoms in total. The third kappa shape index (κ3) is 2.72. The summed E-state index contributed by atoms with van der Waals surface area (Å²) in [6.07, 6.45) is 0.271. The van der Waals surface area contributed by atoms with Crippen LogP contribution < -0.4 is 11.2 Å². The largest absolute Gasteiger partial charge is 0.480 e. The molecule has 0 aliphatic carbocycles. The maximum absolute atomic E-state index is 11.5. The van der Waals surface area contributed by atoms with Crippen molar-refractivity contribution in [1.82, 2.24) is 14.8 Å². The first-order chi connectivity index (χ1) is 8.56. The fourth-order valence-electron chi connectivity index (χ4n) is 1.40. The van der Waals surface area contributed by atoms with Crippen LogP contribution in [-0.2, 0) is 17.8 Å². The number of aromatic nitrogens is 3. The van der Waals surface area contributed by atoms with E-state index >= 15 is 0 Å². The van der Waals surface area contributed by atoms with Crippen LogP contribution in [0.3, 0.4) is 0 Å². The van der Waals surface area contributed by atoms with Crippen LogP contribution in [0.25, 0.3) is 0 Å². The van der Waals surface area contributed by atoms with Gasteiger partial charge in [-0.25, -0.2) is 9.48 Å². The van der Waals surface area contributed by atoms with Crippen LogP contribution in [0.2, 0.25) is 0 Å². The highest BCUT2D eigenvalue weighted by Gasteiger charge is 2.10. The molecule has 2 heterocycles. The average molecular weight is 267 g/mol. The Balaban J connectivity index is 2.38. The summed E-state index contributed by atoms with van der Waals surface area (Å²) in [4.78, 5) is 36.4. The van der Waals surface area contributed by atoms with E-state index < -0.39 is 23.8 Å².